The minimum atomic E-state index is -1.24. The number of carboxylic acids is 1. The monoisotopic (exact) mass is 622 g/mol. The molecule has 3 amide bonds. The van der Waals surface area contributed by atoms with Crippen molar-refractivity contribution in [2.75, 3.05) is 19.6 Å². The number of piperazine rings is 1. The summed E-state index contributed by atoms with van der Waals surface area (Å²) in [5, 5.41) is 14.4. The normalized spacial score (nSPS) is 18.7. The summed E-state index contributed by atoms with van der Waals surface area (Å²) in [6, 6.07) is 14.3. The van der Waals surface area contributed by atoms with Gasteiger partial charge in [0.1, 0.15) is 36.2 Å². The van der Waals surface area contributed by atoms with Crippen molar-refractivity contribution in [1.29, 1.82) is 0 Å². The van der Waals surface area contributed by atoms with Crippen LogP contribution in [0, 0.1) is 0 Å². The number of amidine groups is 1. The first-order chi connectivity index (χ1) is 20.4. The second-order valence-corrected chi connectivity index (χ2v) is 12.7. The maximum atomic E-state index is 14.4. The molecular formula is C31H31ClN4O6S. The first-order valence-corrected chi connectivity index (χ1v) is 15.0. The number of nitrogens with zero attached hydrogens (tertiary/aromatic N) is 3. The number of Topliss-reactive ketones (excluding diaryl/α,β-unsaturated/α-hetero) is 1. The van der Waals surface area contributed by atoms with E-state index in [1.54, 1.807) is 23.1 Å². The lowest BCUT2D eigenvalue weighted by molar-refractivity contribution is -0.136. The molecule has 0 unspecified atom stereocenters. The largest absolute Gasteiger partial charge is 0.487 e. The van der Waals surface area contributed by atoms with Gasteiger partial charge in [0, 0.05) is 28.6 Å². The molecule has 2 aliphatic heterocycles. The summed E-state index contributed by atoms with van der Waals surface area (Å²) < 4.78 is 6.30. The number of rotatable bonds is 7. The molecule has 1 fully saturated rings. The average molecular weight is 623 g/mol. The van der Waals surface area contributed by atoms with E-state index in [0.29, 0.717) is 29.5 Å². The van der Waals surface area contributed by atoms with Gasteiger partial charge in [0.25, 0.3) is 0 Å². The van der Waals surface area contributed by atoms with Crippen LogP contribution in [0.15, 0.2) is 65.0 Å². The van der Waals surface area contributed by atoms with Gasteiger partial charge in [-0.2, -0.15) is 0 Å². The second-order valence-electron chi connectivity index (χ2n) is 11.3. The fourth-order valence-corrected chi connectivity index (χ4v) is 6.02. The highest BCUT2D eigenvalue weighted by atomic mass is 35.5. The summed E-state index contributed by atoms with van der Waals surface area (Å²) in [5.41, 5.74) is 0.710. The van der Waals surface area contributed by atoms with E-state index < -0.39 is 41.9 Å². The highest BCUT2D eigenvalue weighted by molar-refractivity contribution is 7.10. The Balaban J connectivity index is 1.69. The number of hydrogen-bond acceptors (Lipinski definition) is 7. The van der Waals surface area contributed by atoms with Gasteiger partial charge in [-0.05, 0) is 62.0 Å². The smallest absolute Gasteiger partial charge is 0.326 e. The Hall–Kier alpha value is -4.22. The van der Waals surface area contributed by atoms with Crippen LogP contribution in [0.4, 0.5) is 4.79 Å². The Kier molecular flexibility index (Phi) is 8.57. The van der Waals surface area contributed by atoms with Crippen LogP contribution in [0.3, 0.4) is 0 Å². The standard InChI is InChI=1S/C31H31ClN4O6S/c1-31(2,3)42-23-15-19(22(37)16-26(39)40)8-11-21(23)29-34-27(24-5-4-14-43-24)28(18-6-9-20(32)10-7-18)36(29)30(41)35-13-12-33-25(38)17-35/h4-11,14-15,27-28H,12-13,16-17H2,1-3H3,(H,33,38)(H,39,40)/t27-,28+/m0/s1. The van der Waals surface area contributed by atoms with Gasteiger partial charge >= 0.3 is 12.0 Å². The lowest BCUT2D eigenvalue weighted by atomic mass is 9.97. The number of aliphatic carboxylic acids is 1. The summed E-state index contributed by atoms with van der Waals surface area (Å²) in [4.78, 5) is 59.8. The number of carbonyl (C=O) groups is 4. The van der Waals surface area contributed by atoms with Gasteiger partial charge in [-0.25, -0.2) is 4.79 Å². The Morgan fingerprint density at radius 3 is 2.51 bits per heavy atom. The number of thiophene rings is 1. The highest BCUT2D eigenvalue weighted by Gasteiger charge is 2.45. The molecule has 10 nitrogen and oxygen atoms in total. The fourth-order valence-electron chi connectivity index (χ4n) is 5.10. The van der Waals surface area contributed by atoms with E-state index in [9.17, 15) is 24.3 Å². The molecule has 3 aromatic rings. The predicted octanol–water partition coefficient (Wildman–Crippen LogP) is 5.33. The van der Waals surface area contributed by atoms with E-state index in [-0.39, 0.29) is 23.8 Å². The lowest BCUT2D eigenvalue weighted by Crippen LogP contribution is -2.55. The summed E-state index contributed by atoms with van der Waals surface area (Å²) >= 11 is 7.74. The summed E-state index contributed by atoms with van der Waals surface area (Å²) in [5.74, 6) is -1.48. The molecule has 0 radical (unpaired) electrons. The van der Waals surface area contributed by atoms with E-state index >= 15 is 0 Å². The zero-order valence-corrected chi connectivity index (χ0v) is 25.4. The maximum absolute atomic E-state index is 14.4. The zero-order chi connectivity index (χ0) is 30.9. The second kappa shape index (κ2) is 12.2. The van der Waals surface area contributed by atoms with Crippen LogP contribution < -0.4 is 10.1 Å². The Labute approximate surface area is 257 Å². The van der Waals surface area contributed by atoms with Crippen molar-refractivity contribution in [2.45, 2.75) is 44.9 Å². The number of carbonyl (C=O) groups excluding carboxylic acids is 3. The molecule has 1 saturated heterocycles. The van der Waals surface area contributed by atoms with Gasteiger partial charge in [-0.3, -0.25) is 24.3 Å². The van der Waals surface area contributed by atoms with Crippen LogP contribution in [0.1, 0.15) is 65.6 Å². The molecule has 2 aliphatic rings. The number of halogens is 1. The summed E-state index contributed by atoms with van der Waals surface area (Å²) in [6.07, 6.45) is -0.671. The van der Waals surface area contributed by atoms with E-state index in [4.69, 9.17) is 21.3 Å². The Morgan fingerprint density at radius 2 is 1.88 bits per heavy atom. The quantitative estimate of drug-likeness (QED) is 0.271. The molecule has 0 spiro atoms. The van der Waals surface area contributed by atoms with Crippen molar-refractivity contribution in [3.8, 4) is 5.75 Å². The lowest BCUT2D eigenvalue weighted by Gasteiger charge is -2.36. The number of urea groups is 1. The van der Waals surface area contributed by atoms with Crippen LogP contribution in [-0.4, -0.2) is 69.7 Å². The molecular weight excluding hydrogens is 592 g/mol. The van der Waals surface area contributed by atoms with Crippen LogP contribution >= 0.6 is 22.9 Å². The van der Waals surface area contributed by atoms with Crippen LogP contribution in [0.25, 0.3) is 0 Å². The fraction of sp³-hybridized carbons (Fsp3) is 0.323. The van der Waals surface area contributed by atoms with Gasteiger partial charge in [0.2, 0.25) is 5.91 Å². The number of ketones is 1. The zero-order valence-electron chi connectivity index (χ0n) is 23.9. The summed E-state index contributed by atoms with van der Waals surface area (Å²) in [7, 11) is 0. The third-order valence-corrected chi connectivity index (χ3v) is 8.10. The van der Waals surface area contributed by atoms with Gasteiger partial charge in [-0.15, -0.1) is 11.3 Å². The molecule has 2 atom stereocenters. The number of aliphatic imine (C=N–C) groups is 1. The van der Waals surface area contributed by atoms with Gasteiger partial charge < -0.3 is 20.1 Å². The predicted molar refractivity (Wildman–Crippen MR) is 163 cm³/mol. The molecule has 5 rings (SSSR count). The number of ether oxygens (including phenoxy) is 1. The van der Waals surface area contributed by atoms with Crippen molar-refractivity contribution in [2.24, 2.45) is 4.99 Å². The minimum Gasteiger partial charge on any atom is -0.487 e. The summed E-state index contributed by atoms with van der Waals surface area (Å²) in [6.45, 7) is 6.08. The van der Waals surface area contributed by atoms with Crippen LogP contribution in [0.5, 0.6) is 5.75 Å². The maximum Gasteiger partial charge on any atom is 0.326 e. The Bertz CT molecular complexity index is 1580. The highest BCUT2D eigenvalue weighted by Crippen LogP contribution is 2.46. The molecule has 3 heterocycles. The van der Waals surface area contributed by atoms with Crippen molar-refractivity contribution >= 4 is 52.5 Å². The van der Waals surface area contributed by atoms with Crippen molar-refractivity contribution in [3.05, 3.63) is 86.6 Å². The first-order valence-electron chi connectivity index (χ1n) is 13.7. The molecule has 0 bridgehead atoms. The first kappa shape index (κ1) is 30.2. The molecule has 2 N–H and O–H groups in total. The molecule has 1 aromatic heterocycles. The van der Waals surface area contributed by atoms with Gasteiger partial charge in [0.05, 0.1) is 11.6 Å². The number of nitrogens with one attached hydrogen (secondary N) is 1. The van der Waals surface area contributed by atoms with E-state index in [2.05, 4.69) is 5.32 Å². The SMILES string of the molecule is CC(C)(C)Oc1cc(C(=O)CC(=O)O)ccc1C1=N[C@@H](c2cccs2)[C@@H](c2ccc(Cl)cc2)N1C(=O)N1CCNC(=O)C1. The number of benzene rings is 2. The van der Waals surface area contributed by atoms with Crippen molar-refractivity contribution < 1.29 is 29.0 Å². The van der Waals surface area contributed by atoms with Crippen molar-refractivity contribution in [1.82, 2.24) is 15.1 Å². The topological polar surface area (TPSA) is 129 Å². The third kappa shape index (κ3) is 6.73. The molecule has 2 aromatic carbocycles. The van der Waals surface area contributed by atoms with E-state index in [1.165, 1.54) is 28.4 Å². The number of hydrogen-bond donors (Lipinski definition) is 2. The van der Waals surface area contributed by atoms with Gasteiger partial charge in [-0.1, -0.05) is 35.9 Å². The molecule has 43 heavy (non-hydrogen) atoms. The van der Waals surface area contributed by atoms with E-state index in [0.717, 1.165) is 10.4 Å². The van der Waals surface area contributed by atoms with Crippen LogP contribution in [0.2, 0.25) is 5.02 Å². The van der Waals surface area contributed by atoms with E-state index in [1.807, 2.05) is 50.4 Å². The molecule has 0 saturated carbocycles. The number of amides is 3. The molecule has 224 valence electrons. The third-order valence-electron chi connectivity index (χ3n) is 6.90. The van der Waals surface area contributed by atoms with Gasteiger partial charge in [0.15, 0.2) is 5.78 Å². The Morgan fingerprint density at radius 1 is 1.14 bits per heavy atom. The minimum absolute atomic E-state index is 0.104. The molecule has 0 aliphatic carbocycles. The molecule has 12 heteroatoms. The average Bonchev–Trinajstić information content (AvgIpc) is 3.60. The van der Waals surface area contributed by atoms with Crippen molar-refractivity contribution in [3.63, 3.8) is 0 Å². The number of carboxylic acid groups (broad SMARTS) is 1. The van der Waals surface area contributed by atoms with Crippen LogP contribution in [-0.2, 0) is 9.59 Å².